The quantitative estimate of drug-likeness (QED) is 0.708. The van der Waals surface area contributed by atoms with Crippen LogP contribution in [0, 0.1) is 0 Å². The molecule has 0 N–H and O–H groups in total. The maximum absolute atomic E-state index is 12.5. The van der Waals surface area contributed by atoms with Crippen molar-refractivity contribution in [1.82, 2.24) is 15.0 Å². The number of carbonyl (C=O) groups is 1. The number of rotatable bonds is 6. The number of amides is 1. The molecule has 1 aromatic heterocycles. The number of nitrogens with zero attached hydrogens (tertiary/aromatic N) is 3. The summed E-state index contributed by atoms with van der Waals surface area (Å²) in [7, 11) is 0. The third-order valence-corrected chi connectivity index (χ3v) is 3.95. The summed E-state index contributed by atoms with van der Waals surface area (Å²) in [4.78, 5) is 17.3. The third-order valence-electron chi connectivity index (χ3n) is 3.95. The zero-order valence-electron chi connectivity index (χ0n) is 14.7. The van der Waals surface area contributed by atoms with E-state index in [4.69, 9.17) is 0 Å². The van der Waals surface area contributed by atoms with E-state index in [-0.39, 0.29) is 17.8 Å². The number of aromatic nitrogens is 2. The van der Waals surface area contributed by atoms with Gasteiger partial charge in [-0.05, 0) is 31.9 Å². The number of halogens is 3. The van der Waals surface area contributed by atoms with E-state index in [0.29, 0.717) is 12.1 Å². The molecule has 8 heteroatoms. The maximum Gasteiger partial charge on any atom is 0.471 e. The van der Waals surface area contributed by atoms with Gasteiger partial charge in [-0.2, -0.15) is 18.2 Å². The summed E-state index contributed by atoms with van der Waals surface area (Å²) in [5.41, 5.74) is 1.26. The van der Waals surface area contributed by atoms with Crippen molar-refractivity contribution in [3.8, 4) is 11.4 Å². The number of allylic oxidation sites excluding steroid dienone is 1. The number of hydrogen-bond donors (Lipinski definition) is 0. The van der Waals surface area contributed by atoms with Gasteiger partial charge in [0.2, 0.25) is 11.7 Å². The summed E-state index contributed by atoms with van der Waals surface area (Å²) in [6, 6.07) is 6.74. The van der Waals surface area contributed by atoms with Crippen molar-refractivity contribution >= 4 is 5.91 Å². The molecule has 0 saturated carbocycles. The minimum atomic E-state index is -4.67. The van der Waals surface area contributed by atoms with Crippen LogP contribution in [0.3, 0.4) is 0 Å². The molecule has 0 bridgehead atoms. The van der Waals surface area contributed by atoms with Gasteiger partial charge in [0, 0.05) is 18.2 Å². The molecule has 2 rings (SSSR count). The second-order valence-electron chi connectivity index (χ2n) is 5.84. The average molecular weight is 367 g/mol. The van der Waals surface area contributed by atoms with Crippen molar-refractivity contribution in [2.75, 3.05) is 0 Å². The van der Waals surface area contributed by atoms with Crippen molar-refractivity contribution in [2.45, 2.75) is 46.0 Å². The first-order valence-corrected chi connectivity index (χ1v) is 8.19. The Kier molecular flexibility index (Phi) is 6.18. The number of hydrogen-bond acceptors (Lipinski definition) is 4. The summed E-state index contributed by atoms with van der Waals surface area (Å²) in [5.74, 6) is -1.59. The van der Waals surface area contributed by atoms with Gasteiger partial charge in [0.1, 0.15) is 0 Å². The van der Waals surface area contributed by atoms with Crippen molar-refractivity contribution in [1.29, 1.82) is 0 Å². The number of carbonyl (C=O) groups excluding carboxylic acids is 1. The number of alkyl halides is 3. The molecule has 140 valence electrons. The summed E-state index contributed by atoms with van der Waals surface area (Å²) >= 11 is 0. The minimum Gasteiger partial charge on any atom is -0.332 e. The SMILES string of the molecule is CC=CC(=O)N(Cc1ccc(-c2noc(C(F)(F)F)n2)cc1)C(C)CC. The lowest BCUT2D eigenvalue weighted by Gasteiger charge is -2.27. The Bertz CT molecular complexity index is 767. The smallest absolute Gasteiger partial charge is 0.332 e. The van der Waals surface area contributed by atoms with Gasteiger partial charge in [-0.3, -0.25) is 4.79 Å². The van der Waals surface area contributed by atoms with Gasteiger partial charge in [0.25, 0.3) is 0 Å². The molecule has 0 fully saturated rings. The topological polar surface area (TPSA) is 59.2 Å². The first-order chi connectivity index (χ1) is 12.3. The zero-order valence-corrected chi connectivity index (χ0v) is 14.7. The standard InChI is InChI=1S/C18H20F3N3O2/c1-4-6-15(25)24(12(3)5-2)11-13-7-9-14(10-8-13)16-22-17(26-23-16)18(19,20)21/h4,6-10,12H,5,11H2,1-3H3. The molecule has 0 saturated heterocycles. The molecule has 2 aromatic rings. The second kappa shape index (κ2) is 8.16. The van der Waals surface area contributed by atoms with E-state index >= 15 is 0 Å². The fraction of sp³-hybridized carbons (Fsp3) is 0.389. The van der Waals surface area contributed by atoms with Crippen LogP contribution in [-0.2, 0) is 17.5 Å². The first kappa shape index (κ1) is 19.7. The molecule has 1 amide bonds. The molecular formula is C18H20F3N3O2. The van der Waals surface area contributed by atoms with Gasteiger partial charge in [-0.15, -0.1) is 0 Å². The Morgan fingerprint density at radius 2 is 1.96 bits per heavy atom. The molecule has 1 heterocycles. The molecule has 0 radical (unpaired) electrons. The third kappa shape index (κ3) is 4.71. The van der Waals surface area contributed by atoms with E-state index in [9.17, 15) is 18.0 Å². The van der Waals surface area contributed by atoms with Crippen LogP contribution in [0.1, 0.15) is 38.6 Å². The highest BCUT2D eigenvalue weighted by Crippen LogP contribution is 2.29. The summed E-state index contributed by atoms with van der Waals surface area (Å²) in [5, 5.41) is 3.36. The molecule has 0 aliphatic rings. The summed E-state index contributed by atoms with van der Waals surface area (Å²) in [6.07, 6.45) is -0.659. The molecule has 0 spiro atoms. The van der Waals surface area contributed by atoms with E-state index in [1.165, 1.54) is 6.08 Å². The molecule has 0 aliphatic carbocycles. The van der Waals surface area contributed by atoms with E-state index in [0.717, 1.165) is 12.0 Å². The van der Waals surface area contributed by atoms with Crippen LogP contribution in [0.25, 0.3) is 11.4 Å². The maximum atomic E-state index is 12.5. The van der Waals surface area contributed by atoms with Crippen LogP contribution in [0.4, 0.5) is 13.2 Å². The van der Waals surface area contributed by atoms with Crippen molar-refractivity contribution < 1.29 is 22.5 Å². The lowest BCUT2D eigenvalue weighted by atomic mass is 10.1. The van der Waals surface area contributed by atoms with E-state index < -0.39 is 12.1 Å². The monoisotopic (exact) mass is 367 g/mol. The van der Waals surface area contributed by atoms with Gasteiger partial charge < -0.3 is 9.42 Å². The first-order valence-electron chi connectivity index (χ1n) is 8.19. The normalized spacial score (nSPS) is 13.2. The van der Waals surface area contributed by atoms with E-state index in [1.54, 1.807) is 42.2 Å². The average Bonchev–Trinajstić information content (AvgIpc) is 3.10. The zero-order chi connectivity index (χ0) is 19.3. The summed E-state index contributed by atoms with van der Waals surface area (Å²) in [6.45, 7) is 6.14. The Morgan fingerprint density at radius 1 is 1.31 bits per heavy atom. The second-order valence-corrected chi connectivity index (χ2v) is 5.84. The van der Waals surface area contributed by atoms with Gasteiger partial charge in [0.15, 0.2) is 0 Å². The van der Waals surface area contributed by atoms with Gasteiger partial charge in [-0.1, -0.05) is 42.4 Å². The molecule has 26 heavy (non-hydrogen) atoms. The molecule has 0 aliphatic heterocycles. The highest BCUT2D eigenvalue weighted by molar-refractivity contribution is 5.87. The van der Waals surface area contributed by atoms with Gasteiger partial charge in [-0.25, -0.2) is 0 Å². The minimum absolute atomic E-state index is 0.0601. The fourth-order valence-electron chi connectivity index (χ4n) is 2.32. The largest absolute Gasteiger partial charge is 0.471 e. The molecule has 1 unspecified atom stereocenters. The summed E-state index contributed by atoms with van der Waals surface area (Å²) < 4.78 is 41.8. The Labute approximate surface area is 149 Å². The van der Waals surface area contributed by atoms with Gasteiger partial charge >= 0.3 is 12.1 Å². The van der Waals surface area contributed by atoms with Crippen LogP contribution in [-0.4, -0.2) is 27.0 Å². The predicted molar refractivity (Wildman–Crippen MR) is 89.9 cm³/mol. The Balaban J connectivity index is 2.17. The lowest BCUT2D eigenvalue weighted by molar-refractivity contribution is -0.159. The molecule has 1 aromatic carbocycles. The highest BCUT2D eigenvalue weighted by Gasteiger charge is 2.38. The van der Waals surface area contributed by atoms with Crippen molar-refractivity contribution in [2.24, 2.45) is 0 Å². The van der Waals surface area contributed by atoms with Crippen LogP contribution in [0.2, 0.25) is 0 Å². The number of benzene rings is 1. The lowest BCUT2D eigenvalue weighted by Crippen LogP contribution is -2.36. The van der Waals surface area contributed by atoms with Crippen LogP contribution in [0.5, 0.6) is 0 Å². The van der Waals surface area contributed by atoms with E-state index in [2.05, 4.69) is 14.7 Å². The molecule has 1 atom stereocenters. The van der Waals surface area contributed by atoms with Crippen molar-refractivity contribution in [3.05, 3.63) is 47.9 Å². The van der Waals surface area contributed by atoms with Crippen LogP contribution >= 0.6 is 0 Å². The highest BCUT2D eigenvalue weighted by atomic mass is 19.4. The van der Waals surface area contributed by atoms with Crippen molar-refractivity contribution in [3.63, 3.8) is 0 Å². The van der Waals surface area contributed by atoms with Crippen LogP contribution < -0.4 is 0 Å². The Morgan fingerprint density at radius 3 is 2.46 bits per heavy atom. The Hall–Kier alpha value is -2.64. The van der Waals surface area contributed by atoms with Gasteiger partial charge in [0.05, 0.1) is 0 Å². The van der Waals surface area contributed by atoms with Crippen LogP contribution in [0.15, 0.2) is 40.9 Å². The molecule has 5 nitrogen and oxygen atoms in total. The predicted octanol–water partition coefficient (Wildman–Crippen LogP) is 4.46. The fourth-order valence-corrected chi connectivity index (χ4v) is 2.32. The van der Waals surface area contributed by atoms with E-state index in [1.807, 2.05) is 13.8 Å². The molecular weight excluding hydrogens is 347 g/mol.